The van der Waals surface area contributed by atoms with Crippen molar-refractivity contribution in [2.45, 2.75) is 25.8 Å². The second kappa shape index (κ2) is 4.81. The summed E-state index contributed by atoms with van der Waals surface area (Å²) in [5.41, 5.74) is 2.21. The number of aromatic nitrogens is 2. The van der Waals surface area contributed by atoms with Crippen LogP contribution in [0, 0.1) is 5.92 Å². The van der Waals surface area contributed by atoms with Crippen molar-refractivity contribution < 1.29 is 4.74 Å². The van der Waals surface area contributed by atoms with E-state index in [1.807, 2.05) is 12.1 Å². The maximum Gasteiger partial charge on any atom is 0.121 e. The molecule has 0 bridgehead atoms. The molecule has 1 saturated carbocycles. The molecule has 0 unspecified atom stereocenters. The van der Waals surface area contributed by atoms with Crippen LogP contribution in [0.4, 0.5) is 0 Å². The Morgan fingerprint density at radius 1 is 1.44 bits per heavy atom. The molecule has 1 aromatic carbocycles. The molecule has 3 nitrogen and oxygen atoms in total. The van der Waals surface area contributed by atoms with Crippen LogP contribution in [0.1, 0.15) is 18.7 Å². The summed E-state index contributed by atoms with van der Waals surface area (Å²) in [6, 6.07) is 6.05. The third kappa shape index (κ3) is 2.19. The monoisotopic (exact) mass is 264 g/mol. The highest BCUT2D eigenvalue weighted by atomic mass is 35.5. The summed E-state index contributed by atoms with van der Waals surface area (Å²) in [5, 5.41) is 0. The smallest absolute Gasteiger partial charge is 0.121 e. The highest BCUT2D eigenvalue weighted by molar-refractivity contribution is 6.17. The van der Waals surface area contributed by atoms with Crippen molar-refractivity contribution in [2.24, 2.45) is 5.92 Å². The molecule has 1 fully saturated rings. The van der Waals surface area contributed by atoms with Crippen LogP contribution in [0.2, 0.25) is 0 Å². The minimum atomic E-state index is 0.616. The molecule has 1 heterocycles. The summed E-state index contributed by atoms with van der Waals surface area (Å²) in [5.74, 6) is 3.42. The largest absolute Gasteiger partial charge is 0.497 e. The summed E-state index contributed by atoms with van der Waals surface area (Å²) in [6.45, 7) is 1.07. The maximum absolute atomic E-state index is 5.87. The molecule has 3 rings (SSSR count). The molecule has 2 aromatic rings. The van der Waals surface area contributed by atoms with E-state index in [4.69, 9.17) is 16.3 Å². The van der Waals surface area contributed by atoms with Gasteiger partial charge in [0, 0.05) is 24.9 Å². The van der Waals surface area contributed by atoms with Crippen molar-refractivity contribution in [3.05, 3.63) is 24.0 Å². The van der Waals surface area contributed by atoms with Crippen LogP contribution in [0.5, 0.6) is 5.75 Å². The Balaban J connectivity index is 2.07. The number of hydrogen-bond donors (Lipinski definition) is 0. The Labute approximate surface area is 112 Å². The van der Waals surface area contributed by atoms with Gasteiger partial charge in [0.1, 0.15) is 11.6 Å². The number of alkyl halides is 1. The Kier molecular flexibility index (Phi) is 3.16. The van der Waals surface area contributed by atoms with Crippen LogP contribution in [-0.4, -0.2) is 22.5 Å². The molecular weight excluding hydrogens is 248 g/mol. The molecule has 1 aromatic heterocycles. The first-order valence-electron chi connectivity index (χ1n) is 6.41. The number of imidazole rings is 1. The number of halogens is 1. The fourth-order valence-corrected chi connectivity index (χ4v) is 2.49. The van der Waals surface area contributed by atoms with E-state index in [-0.39, 0.29) is 0 Å². The van der Waals surface area contributed by atoms with Gasteiger partial charge in [0.05, 0.1) is 18.1 Å². The van der Waals surface area contributed by atoms with E-state index in [2.05, 4.69) is 15.6 Å². The lowest BCUT2D eigenvalue weighted by molar-refractivity contribution is 0.415. The van der Waals surface area contributed by atoms with E-state index in [1.165, 1.54) is 18.4 Å². The first kappa shape index (κ1) is 11.8. The molecule has 0 aliphatic heterocycles. The number of hydrogen-bond acceptors (Lipinski definition) is 2. The molecule has 0 saturated heterocycles. The van der Waals surface area contributed by atoms with Crippen LogP contribution >= 0.6 is 11.6 Å². The van der Waals surface area contributed by atoms with Gasteiger partial charge in [0.2, 0.25) is 0 Å². The molecule has 0 N–H and O–H groups in total. The van der Waals surface area contributed by atoms with Gasteiger partial charge in [-0.05, 0) is 30.9 Å². The Morgan fingerprint density at radius 3 is 2.94 bits per heavy atom. The van der Waals surface area contributed by atoms with Crippen LogP contribution in [-0.2, 0) is 13.0 Å². The van der Waals surface area contributed by atoms with E-state index < -0.39 is 0 Å². The number of ether oxygens (including phenoxy) is 1. The number of benzene rings is 1. The third-order valence-electron chi connectivity index (χ3n) is 3.49. The summed E-state index contributed by atoms with van der Waals surface area (Å²) >= 11 is 5.87. The van der Waals surface area contributed by atoms with Crippen molar-refractivity contribution in [3.63, 3.8) is 0 Å². The van der Waals surface area contributed by atoms with Gasteiger partial charge in [0.15, 0.2) is 0 Å². The zero-order valence-electron chi connectivity index (χ0n) is 10.5. The van der Waals surface area contributed by atoms with Crippen LogP contribution in [0.3, 0.4) is 0 Å². The highest BCUT2D eigenvalue weighted by Crippen LogP contribution is 2.33. The zero-order chi connectivity index (χ0) is 12.5. The number of nitrogens with zero attached hydrogens (tertiary/aromatic N) is 2. The standard InChI is InChI=1S/C14H17ClN2O/c1-18-11-4-5-12-13(8-11)17(9-10-2-3-10)14(16-12)6-7-15/h4-5,8,10H,2-3,6-7,9H2,1H3. The summed E-state index contributed by atoms with van der Waals surface area (Å²) in [6.07, 6.45) is 3.50. The van der Waals surface area contributed by atoms with Crippen molar-refractivity contribution >= 4 is 22.6 Å². The Bertz CT molecular complexity index is 560. The van der Waals surface area contributed by atoms with Gasteiger partial charge in [-0.1, -0.05) is 0 Å². The van der Waals surface area contributed by atoms with Gasteiger partial charge in [-0.25, -0.2) is 4.98 Å². The first-order chi connectivity index (χ1) is 8.81. The number of aryl methyl sites for hydroxylation is 1. The molecule has 0 atom stereocenters. The number of rotatable bonds is 5. The quantitative estimate of drug-likeness (QED) is 0.776. The SMILES string of the molecule is COc1ccc2nc(CCCl)n(CC3CC3)c2c1. The minimum Gasteiger partial charge on any atom is -0.497 e. The van der Waals surface area contributed by atoms with Crippen molar-refractivity contribution in [1.82, 2.24) is 9.55 Å². The number of methoxy groups -OCH3 is 1. The van der Waals surface area contributed by atoms with E-state index >= 15 is 0 Å². The van der Waals surface area contributed by atoms with Gasteiger partial charge >= 0.3 is 0 Å². The van der Waals surface area contributed by atoms with Crippen LogP contribution in [0.15, 0.2) is 18.2 Å². The van der Waals surface area contributed by atoms with Crippen LogP contribution in [0.25, 0.3) is 11.0 Å². The molecular formula is C14H17ClN2O. The van der Waals surface area contributed by atoms with Crippen LogP contribution < -0.4 is 4.74 Å². The molecule has 18 heavy (non-hydrogen) atoms. The van der Waals surface area contributed by atoms with E-state index in [1.54, 1.807) is 7.11 Å². The van der Waals surface area contributed by atoms with Gasteiger partial charge in [-0.2, -0.15) is 0 Å². The lowest BCUT2D eigenvalue weighted by atomic mass is 10.3. The van der Waals surface area contributed by atoms with Crippen molar-refractivity contribution in [1.29, 1.82) is 0 Å². The Morgan fingerprint density at radius 2 is 2.28 bits per heavy atom. The van der Waals surface area contributed by atoms with E-state index in [0.29, 0.717) is 5.88 Å². The van der Waals surface area contributed by atoms with Gasteiger partial charge in [-0.15, -0.1) is 11.6 Å². The molecule has 1 aliphatic rings. The third-order valence-corrected chi connectivity index (χ3v) is 3.68. The molecule has 4 heteroatoms. The highest BCUT2D eigenvalue weighted by Gasteiger charge is 2.24. The predicted octanol–water partition coefficient (Wildman–Crippen LogP) is 3.24. The minimum absolute atomic E-state index is 0.616. The topological polar surface area (TPSA) is 27.1 Å². The average Bonchev–Trinajstić information content (AvgIpc) is 3.14. The molecule has 0 amide bonds. The second-order valence-corrected chi connectivity index (χ2v) is 5.25. The first-order valence-corrected chi connectivity index (χ1v) is 6.94. The fourth-order valence-electron chi connectivity index (χ4n) is 2.32. The van der Waals surface area contributed by atoms with Gasteiger partial charge in [0.25, 0.3) is 0 Å². The molecule has 0 spiro atoms. The number of fused-ring (bicyclic) bond motifs is 1. The normalized spacial score (nSPS) is 15.2. The van der Waals surface area contributed by atoms with Gasteiger partial charge in [-0.3, -0.25) is 0 Å². The molecule has 1 aliphatic carbocycles. The lowest BCUT2D eigenvalue weighted by Gasteiger charge is -2.08. The second-order valence-electron chi connectivity index (χ2n) is 4.88. The maximum atomic E-state index is 5.87. The average molecular weight is 265 g/mol. The van der Waals surface area contributed by atoms with Crippen molar-refractivity contribution in [3.8, 4) is 5.75 Å². The molecule has 0 radical (unpaired) electrons. The summed E-state index contributed by atoms with van der Waals surface area (Å²) in [4.78, 5) is 4.68. The van der Waals surface area contributed by atoms with E-state index in [9.17, 15) is 0 Å². The fraction of sp³-hybridized carbons (Fsp3) is 0.500. The predicted molar refractivity (Wildman–Crippen MR) is 73.4 cm³/mol. The summed E-state index contributed by atoms with van der Waals surface area (Å²) < 4.78 is 7.62. The van der Waals surface area contributed by atoms with Gasteiger partial charge < -0.3 is 9.30 Å². The van der Waals surface area contributed by atoms with E-state index in [0.717, 1.165) is 36.0 Å². The molecule has 96 valence electrons. The Hall–Kier alpha value is -1.22. The zero-order valence-corrected chi connectivity index (χ0v) is 11.3. The summed E-state index contributed by atoms with van der Waals surface area (Å²) in [7, 11) is 1.70. The lowest BCUT2D eigenvalue weighted by Crippen LogP contribution is -2.06. The van der Waals surface area contributed by atoms with Crippen molar-refractivity contribution in [2.75, 3.05) is 13.0 Å².